The van der Waals surface area contributed by atoms with Crippen molar-refractivity contribution in [3.05, 3.63) is 0 Å². The number of hydrogen-bond acceptors (Lipinski definition) is 3. The Bertz CT molecular complexity index is 316. The first-order valence-electron chi connectivity index (χ1n) is 8.67. The van der Waals surface area contributed by atoms with Crippen molar-refractivity contribution in [2.75, 3.05) is 19.6 Å². The first kappa shape index (κ1) is 18.4. The molecule has 0 aromatic carbocycles. The van der Waals surface area contributed by atoms with E-state index in [1.165, 1.54) is 19.4 Å². The van der Waals surface area contributed by atoms with Crippen LogP contribution in [0.3, 0.4) is 0 Å². The van der Waals surface area contributed by atoms with E-state index < -0.39 is 11.5 Å². The zero-order valence-corrected chi connectivity index (χ0v) is 14.3. The molecule has 0 radical (unpaired) electrons. The summed E-state index contributed by atoms with van der Waals surface area (Å²) < 4.78 is 0. The van der Waals surface area contributed by atoms with Gasteiger partial charge in [-0.2, -0.15) is 0 Å². The maximum atomic E-state index is 11.7. The van der Waals surface area contributed by atoms with Crippen LogP contribution in [0.5, 0.6) is 0 Å². The minimum absolute atomic E-state index is 0.551. The molecule has 124 valence electrons. The molecule has 0 spiro atoms. The molecule has 0 heterocycles. The molecule has 21 heavy (non-hydrogen) atoms. The van der Waals surface area contributed by atoms with E-state index in [-0.39, 0.29) is 0 Å². The van der Waals surface area contributed by atoms with E-state index in [2.05, 4.69) is 31.0 Å². The quantitative estimate of drug-likeness (QED) is 0.581. The number of carboxylic acid groups (broad SMARTS) is 1. The third-order valence-corrected chi connectivity index (χ3v) is 4.70. The molecule has 0 aromatic heterocycles. The predicted octanol–water partition coefficient (Wildman–Crippen LogP) is 3.12. The second-order valence-electron chi connectivity index (χ2n) is 6.80. The average Bonchev–Trinajstić information content (AvgIpc) is 3.25. The van der Waals surface area contributed by atoms with Crippen LogP contribution < -0.4 is 5.32 Å². The van der Waals surface area contributed by atoms with Gasteiger partial charge in [0.1, 0.15) is 5.54 Å². The fourth-order valence-corrected chi connectivity index (χ4v) is 2.86. The molecule has 1 aliphatic carbocycles. The molecule has 0 amide bonds. The summed E-state index contributed by atoms with van der Waals surface area (Å²) >= 11 is 0. The lowest BCUT2D eigenvalue weighted by Crippen LogP contribution is -2.52. The predicted molar refractivity (Wildman–Crippen MR) is 87.6 cm³/mol. The van der Waals surface area contributed by atoms with Crippen LogP contribution >= 0.6 is 0 Å². The molecule has 1 aliphatic rings. The fraction of sp³-hybridized carbons (Fsp3) is 0.941. The normalized spacial score (nSPS) is 18.2. The molecule has 0 saturated heterocycles. The Balaban J connectivity index is 2.48. The minimum atomic E-state index is -0.738. The van der Waals surface area contributed by atoms with Crippen LogP contribution in [-0.2, 0) is 4.79 Å². The minimum Gasteiger partial charge on any atom is -0.480 e. The second-order valence-corrected chi connectivity index (χ2v) is 6.80. The smallest absolute Gasteiger partial charge is 0.323 e. The molecular weight excluding hydrogens is 264 g/mol. The molecule has 4 heteroatoms. The number of nitrogens with zero attached hydrogens (tertiary/aromatic N) is 1. The van der Waals surface area contributed by atoms with Gasteiger partial charge in [0.15, 0.2) is 0 Å². The van der Waals surface area contributed by atoms with Crippen LogP contribution in [0.25, 0.3) is 0 Å². The monoisotopic (exact) mass is 298 g/mol. The van der Waals surface area contributed by atoms with Crippen molar-refractivity contribution >= 4 is 5.97 Å². The Kier molecular flexibility index (Phi) is 7.67. The van der Waals surface area contributed by atoms with Crippen molar-refractivity contribution < 1.29 is 9.90 Å². The van der Waals surface area contributed by atoms with Gasteiger partial charge in [0.05, 0.1) is 0 Å². The Labute approximate surface area is 130 Å². The van der Waals surface area contributed by atoms with Gasteiger partial charge in [0.25, 0.3) is 0 Å². The SMILES string of the molecule is CCCNC(CC)(CCCN(CC1CC1)C(C)C)C(=O)O. The first-order chi connectivity index (χ1) is 9.95. The highest BCUT2D eigenvalue weighted by molar-refractivity contribution is 5.78. The summed E-state index contributed by atoms with van der Waals surface area (Å²) in [4.78, 5) is 14.2. The molecule has 1 fully saturated rings. The Morgan fingerprint density at radius 1 is 1.38 bits per heavy atom. The lowest BCUT2D eigenvalue weighted by molar-refractivity contribution is -0.145. The van der Waals surface area contributed by atoms with Crippen molar-refractivity contribution in [2.45, 2.75) is 77.8 Å². The standard InChI is InChI=1S/C17H34N2O2/c1-5-11-18-17(6-2,16(20)21)10-7-12-19(14(3)4)13-15-8-9-15/h14-15,18H,5-13H2,1-4H3,(H,20,21). The number of carboxylic acids is 1. The molecule has 2 N–H and O–H groups in total. The second kappa shape index (κ2) is 8.74. The van der Waals surface area contributed by atoms with Gasteiger partial charge in [0, 0.05) is 12.6 Å². The molecule has 1 unspecified atom stereocenters. The van der Waals surface area contributed by atoms with E-state index in [0.717, 1.165) is 31.8 Å². The molecule has 0 aromatic rings. The van der Waals surface area contributed by atoms with E-state index in [4.69, 9.17) is 0 Å². The summed E-state index contributed by atoms with van der Waals surface area (Å²) in [6.07, 6.45) is 6.01. The third-order valence-electron chi connectivity index (χ3n) is 4.70. The maximum absolute atomic E-state index is 11.7. The van der Waals surface area contributed by atoms with E-state index in [1.807, 2.05) is 6.92 Å². The van der Waals surface area contributed by atoms with Crippen molar-refractivity contribution in [3.8, 4) is 0 Å². The Morgan fingerprint density at radius 2 is 2.05 bits per heavy atom. The highest BCUT2D eigenvalue weighted by Crippen LogP contribution is 2.30. The van der Waals surface area contributed by atoms with Crippen LogP contribution in [-0.4, -0.2) is 47.2 Å². The number of hydrogen-bond donors (Lipinski definition) is 2. The van der Waals surface area contributed by atoms with Crippen molar-refractivity contribution in [1.82, 2.24) is 10.2 Å². The van der Waals surface area contributed by atoms with Gasteiger partial charge < -0.3 is 15.3 Å². The first-order valence-corrected chi connectivity index (χ1v) is 8.67. The van der Waals surface area contributed by atoms with Gasteiger partial charge in [0.2, 0.25) is 0 Å². The summed E-state index contributed by atoms with van der Waals surface area (Å²) in [5, 5.41) is 12.9. The zero-order chi connectivity index (χ0) is 15.9. The zero-order valence-electron chi connectivity index (χ0n) is 14.3. The molecule has 1 rings (SSSR count). The molecule has 1 saturated carbocycles. The molecule has 4 nitrogen and oxygen atoms in total. The average molecular weight is 298 g/mol. The molecule has 1 atom stereocenters. The topological polar surface area (TPSA) is 52.6 Å². The largest absolute Gasteiger partial charge is 0.480 e. The summed E-state index contributed by atoms with van der Waals surface area (Å²) in [5.41, 5.74) is -0.738. The summed E-state index contributed by atoms with van der Waals surface area (Å²) in [6.45, 7) is 11.5. The highest BCUT2D eigenvalue weighted by Gasteiger charge is 2.35. The van der Waals surface area contributed by atoms with Gasteiger partial charge in [-0.15, -0.1) is 0 Å². The van der Waals surface area contributed by atoms with E-state index in [9.17, 15) is 9.90 Å². The molecular formula is C17H34N2O2. The lowest BCUT2D eigenvalue weighted by Gasteiger charge is -2.32. The Morgan fingerprint density at radius 3 is 2.48 bits per heavy atom. The van der Waals surface area contributed by atoms with Gasteiger partial charge in [-0.3, -0.25) is 4.79 Å². The van der Waals surface area contributed by atoms with Crippen LogP contribution in [0, 0.1) is 5.92 Å². The summed E-state index contributed by atoms with van der Waals surface area (Å²) in [6, 6.07) is 0.551. The van der Waals surface area contributed by atoms with Gasteiger partial charge in [-0.1, -0.05) is 13.8 Å². The van der Waals surface area contributed by atoms with Crippen LogP contribution in [0.2, 0.25) is 0 Å². The summed E-state index contributed by atoms with van der Waals surface area (Å²) in [5.74, 6) is 0.192. The lowest BCUT2D eigenvalue weighted by atomic mass is 9.90. The summed E-state index contributed by atoms with van der Waals surface area (Å²) in [7, 11) is 0. The number of nitrogens with one attached hydrogen (secondary N) is 1. The Hall–Kier alpha value is -0.610. The van der Waals surface area contributed by atoms with Crippen LogP contribution in [0.15, 0.2) is 0 Å². The van der Waals surface area contributed by atoms with Crippen LogP contribution in [0.4, 0.5) is 0 Å². The number of carbonyl (C=O) groups is 1. The van der Waals surface area contributed by atoms with E-state index >= 15 is 0 Å². The van der Waals surface area contributed by atoms with E-state index in [1.54, 1.807) is 0 Å². The third kappa shape index (κ3) is 5.95. The highest BCUT2D eigenvalue weighted by atomic mass is 16.4. The van der Waals surface area contributed by atoms with Crippen LogP contribution in [0.1, 0.15) is 66.2 Å². The number of rotatable bonds is 12. The van der Waals surface area contributed by atoms with Crippen molar-refractivity contribution in [3.63, 3.8) is 0 Å². The molecule has 0 aliphatic heterocycles. The van der Waals surface area contributed by atoms with Crippen molar-refractivity contribution in [1.29, 1.82) is 0 Å². The van der Waals surface area contributed by atoms with Gasteiger partial charge in [-0.25, -0.2) is 0 Å². The van der Waals surface area contributed by atoms with Crippen molar-refractivity contribution in [2.24, 2.45) is 5.92 Å². The van der Waals surface area contributed by atoms with E-state index in [0.29, 0.717) is 18.9 Å². The maximum Gasteiger partial charge on any atom is 0.323 e. The van der Waals surface area contributed by atoms with Gasteiger partial charge >= 0.3 is 5.97 Å². The number of aliphatic carboxylic acids is 1. The fourth-order valence-electron chi connectivity index (χ4n) is 2.86. The van der Waals surface area contributed by atoms with Gasteiger partial charge in [-0.05, 0) is 71.4 Å². The molecule has 0 bridgehead atoms.